The zero-order valence-electron chi connectivity index (χ0n) is 18.4. The minimum Gasteiger partial charge on any atom is -0.486 e. The lowest BCUT2D eigenvalue weighted by Gasteiger charge is -2.20. The molecule has 1 atom stereocenters. The summed E-state index contributed by atoms with van der Waals surface area (Å²) in [4.78, 5) is 35.1. The van der Waals surface area contributed by atoms with E-state index in [0.717, 1.165) is 11.2 Å². The fourth-order valence-corrected chi connectivity index (χ4v) is 3.77. The van der Waals surface area contributed by atoms with Gasteiger partial charge in [-0.05, 0) is 24.3 Å². The summed E-state index contributed by atoms with van der Waals surface area (Å²) in [6, 6.07) is 10.6. The Balaban J connectivity index is 1.15. The first-order valence-corrected chi connectivity index (χ1v) is 10.8. The van der Waals surface area contributed by atoms with E-state index in [1.165, 1.54) is 4.90 Å². The molecule has 1 fully saturated rings. The van der Waals surface area contributed by atoms with Gasteiger partial charge in [0.15, 0.2) is 17.6 Å². The third-order valence-corrected chi connectivity index (χ3v) is 5.45. The molecule has 1 aromatic carbocycles. The largest absolute Gasteiger partial charge is 0.486 e. The van der Waals surface area contributed by atoms with Crippen molar-refractivity contribution >= 4 is 34.4 Å². The van der Waals surface area contributed by atoms with E-state index in [-0.39, 0.29) is 12.5 Å². The van der Waals surface area contributed by atoms with Crippen molar-refractivity contribution < 1.29 is 28.5 Å². The number of hydrogen-bond donors (Lipinski definition) is 2. The van der Waals surface area contributed by atoms with Crippen LogP contribution in [0.3, 0.4) is 0 Å². The molecule has 0 saturated carbocycles. The normalized spacial score (nSPS) is 16.8. The Labute approximate surface area is 195 Å². The number of benzene rings is 1. The summed E-state index contributed by atoms with van der Waals surface area (Å²) >= 11 is 0. The van der Waals surface area contributed by atoms with E-state index in [1.54, 1.807) is 43.6 Å². The Hall–Kier alpha value is -4.28. The predicted octanol–water partition coefficient (Wildman–Crippen LogP) is 1.96. The lowest BCUT2D eigenvalue weighted by atomic mass is 10.2. The summed E-state index contributed by atoms with van der Waals surface area (Å²) in [7, 11) is 1.55. The van der Waals surface area contributed by atoms with Gasteiger partial charge in [-0.25, -0.2) is 9.78 Å². The number of aromatic nitrogens is 2. The van der Waals surface area contributed by atoms with E-state index in [0.29, 0.717) is 54.9 Å². The summed E-state index contributed by atoms with van der Waals surface area (Å²) in [5.41, 5.74) is 2.76. The number of pyridine rings is 2. The topological polar surface area (TPSA) is 124 Å². The van der Waals surface area contributed by atoms with E-state index in [4.69, 9.17) is 18.9 Å². The summed E-state index contributed by atoms with van der Waals surface area (Å²) in [5.74, 6) is 1.31. The Morgan fingerprint density at radius 3 is 2.85 bits per heavy atom. The van der Waals surface area contributed by atoms with Gasteiger partial charge in [-0.15, -0.1) is 0 Å². The molecule has 11 heteroatoms. The molecule has 2 aromatic heterocycles. The van der Waals surface area contributed by atoms with Gasteiger partial charge in [0, 0.05) is 31.4 Å². The van der Waals surface area contributed by atoms with Gasteiger partial charge in [0.2, 0.25) is 5.88 Å². The van der Waals surface area contributed by atoms with Gasteiger partial charge in [-0.2, -0.15) is 0 Å². The monoisotopic (exact) mass is 465 g/mol. The van der Waals surface area contributed by atoms with Crippen LogP contribution in [-0.4, -0.2) is 68.0 Å². The van der Waals surface area contributed by atoms with E-state index in [1.807, 2.05) is 6.07 Å². The smallest absolute Gasteiger partial charge is 0.415 e. The minimum atomic E-state index is -0.909. The zero-order chi connectivity index (χ0) is 23.5. The van der Waals surface area contributed by atoms with E-state index >= 15 is 0 Å². The molecule has 3 aromatic rings. The van der Waals surface area contributed by atoms with Crippen molar-refractivity contribution in [2.45, 2.75) is 6.10 Å². The first-order valence-electron chi connectivity index (χ1n) is 10.8. The van der Waals surface area contributed by atoms with E-state index in [2.05, 4.69) is 20.6 Å². The second kappa shape index (κ2) is 9.30. The van der Waals surface area contributed by atoms with Crippen LogP contribution in [-0.2, 0) is 9.53 Å². The standard InChI is InChI=1S/C23H23N5O6/c1-31-20-5-3-15-21(27-20)16(6-7-24-15)25-8-9-26-22(29)19-13-28(23(30)34-19)14-2-4-17-18(12-14)33-11-10-32-17/h2-7,12,19H,8-11,13H2,1H3,(H,24,25)(H,26,29)/t19-/m0/s1. The number of methoxy groups -OCH3 is 1. The predicted molar refractivity (Wildman–Crippen MR) is 123 cm³/mol. The molecule has 0 aliphatic carbocycles. The number of rotatable bonds is 7. The fraction of sp³-hybridized carbons (Fsp3) is 0.304. The van der Waals surface area contributed by atoms with Crippen LogP contribution in [0.4, 0.5) is 16.2 Å². The van der Waals surface area contributed by atoms with E-state index < -0.39 is 12.2 Å². The van der Waals surface area contributed by atoms with Gasteiger partial charge < -0.3 is 29.6 Å². The first-order chi connectivity index (χ1) is 16.6. The average Bonchev–Trinajstić information content (AvgIpc) is 3.27. The molecule has 0 radical (unpaired) electrons. The van der Waals surface area contributed by atoms with Crippen molar-refractivity contribution in [3.8, 4) is 17.4 Å². The molecule has 5 rings (SSSR count). The van der Waals surface area contributed by atoms with Gasteiger partial charge in [-0.1, -0.05) is 0 Å². The molecule has 2 amide bonds. The van der Waals surface area contributed by atoms with Crippen molar-refractivity contribution in [3.63, 3.8) is 0 Å². The quantitative estimate of drug-likeness (QED) is 0.504. The Morgan fingerprint density at radius 1 is 1.15 bits per heavy atom. The molecule has 0 bridgehead atoms. The molecule has 4 heterocycles. The van der Waals surface area contributed by atoms with Crippen LogP contribution >= 0.6 is 0 Å². The number of nitrogens with one attached hydrogen (secondary N) is 2. The zero-order valence-corrected chi connectivity index (χ0v) is 18.4. The maximum Gasteiger partial charge on any atom is 0.415 e. The molecule has 34 heavy (non-hydrogen) atoms. The van der Waals surface area contributed by atoms with Crippen LogP contribution in [0, 0.1) is 0 Å². The summed E-state index contributed by atoms with van der Waals surface area (Å²) in [5, 5.41) is 6.04. The van der Waals surface area contributed by atoms with Crippen molar-refractivity contribution in [1.82, 2.24) is 15.3 Å². The van der Waals surface area contributed by atoms with Gasteiger partial charge >= 0.3 is 6.09 Å². The fourth-order valence-electron chi connectivity index (χ4n) is 3.77. The van der Waals surface area contributed by atoms with Crippen molar-refractivity contribution in [2.75, 3.05) is 50.2 Å². The molecule has 2 N–H and O–H groups in total. The van der Waals surface area contributed by atoms with Gasteiger partial charge in [0.05, 0.1) is 30.5 Å². The molecule has 1 saturated heterocycles. The number of amides is 2. The average molecular weight is 465 g/mol. The van der Waals surface area contributed by atoms with Gasteiger partial charge in [-0.3, -0.25) is 14.7 Å². The SMILES string of the molecule is COc1ccc2nccc(NCCNC(=O)[C@@H]3CN(c4ccc5c(c4)OCCO5)C(=O)O3)c2n1. The molecular weight excluding hydrogens is 442 g/mol. The highest BCUT2D eigenvalue weighted by Gasteiger charge is 2.37. The molecule has 2 aliphatic rings. The Bertz CT molecular complexity index is 1240. The Morgan fingerprint density at radius 2 is 2.00 bits per heavy atom. The first kappa shape index (κ1) is 21.6. The third-order valence-electron chi connectivity index (χ3n) is 5.45. The molecule has 2 aliphatic heterocycles. The van der Waals surface area contributed by atoms with Crippen molar-refractivity contribution in [1.29, 1.82) is 0 Å². The number of carbonyl (C=O) groups excluding carboxylic acids is 2. The Kier molecular flexibility index (Phi) is 5.90. The van der Waals surface area contributed by atoms with Crippen molar-refractivity contribution in [2.24, 2.45) is 0 Å². The minimum absolute atomic E-state index is 0.108. The lowest BCUT2D eigenvalue weighted by Crippen LogP contribution is -2.39. The lowest BCUT2D eigenvalue weighted by molar-refractivity contribution is -0.127. The van der Waals surface area contributed by atoms with Crippen LogP contribution in [0.25, 0.3) is 11.0 Å². The second-order valence-electron chi connectivity index (χ2n) is 7.61. The molecule has 11 nitrogen and oxygen atoms in total. The molecular formula is C23H23N5O6. The maximum absolute atomic E-state index is 12.6. The van der Waals surface area contributed by atoms with Crippen LogP contribution in [0.1, 0.15) is 0 Å². The van der Waals surface area contributed by atoms with Crippen LogP contribution < -0.4 is 29.7 Å². The number of fused-ring (bicyclic) bond motifs is 2. The number of cyclic esters (lactones) is 1. The maximum atomic E-state index is 12.6. The number of carbonyl (C=O) groups is 2. The number of hydrogen-bond acceptors (Lipinski definition) is 9. The number of anilines is 2. The van der Waals surface area contributed by atoms with Crippen LogP contribution in [0.2, 0.25) is 0 Å². The third kappa shape index (κ3) is 4.32. The van der Waals surface area contributed by atoms with Gasteiger partial charge in [0.25, 0.3) is 5.91 Å². The number of nitrogens with zero attached hydrogens (tertiary/aromatic N) is 3. The number of ether oxygens (including phenoxy) is 4. The van der Waals surface area contributed by atoms with Crippen LogP contribution in [0.15, 0.2) is 42.6 Å². The molecule has 0 spiro atoms. The highest BCUT2D eigenvalue weighted by atomic mass is 16.6. The second-order valence-corrected chi connectivity index (χ2v) is 7.61. The highest BCUT2D eigenvalue weighted by molar-refractivity contribution is 5.96. The van der Waals surface area contributed by atoms with E-state index in [9.17, 15) is 9.59 Å². The van der Waals surface area contributed by atoms with Gasteiger partial charge in [0.1, 0.15) is 18.7 Å². The highest BCUT2D eigenvalue weighted by Crippen LogP contribution is 2.35. The van der Waals surface area contributed by atoms with Crippen molar-refractivity contribution in [3.05, 3.63) is 42.6 Å². The summed E-state index contributed by atoms with van der Waals surface area (Å²) in [6.45, 7) is 1.80. The molecule has 0 unspecified atom stereocenters. The summed E-state index contributed by atoms with van der Waals surface area (Å²) in [6.07, 6.45) is 0.189. The van der Waals surface area contributed by atoms with Crippen LogP contribution in [0.5, 0.6) is 17.4 Å². The molecule has 176 valence electrons. The summed E-state index contributed by atoms with van der Waals surface area (Å²) < 4.78 is 21.5.